The number of likely N-dealkylation sites (tertiary alicyclic amines) is 1. The molecule has 0 saturated carbocycles. The average Bonchev–Trinajstić information content (AvgIpc) is 3.43. The quantitative estimate of drug-likeness (QED) is 0.653. The lowest BCUT2D eigenvalue weighted by Crippen LogP contribution is -2.49. The normalized spacial score (nSPS) is 22.8. The van der Waals surface area contributed by atoms with Crippen LogP contribution in [0.5, 0.6) is 0 Å². The van der Waals surface area contributed by atoms with E-state index in [-0.39, 0.29) is 29.9 Å². The molecular weight excluding hydrogens is 412 g/mol. The van der Waals surface area contributed by atoms with E-state index in [1.165, 1.54) is 5.56 Å². The van der Waals surface area contributed by atoms with Crippen LogP contribution < -0.4 is 5.32 Å². The van der Waals surface area contributed by atoms with Crippen LogP contribution in [0.4, 0.5) is 0 Å². The van der Waals surface area contributed by atoms with Crippen LogP contribution in [0.1, 0.15) is 53.6 Å². The summed E-state index contributed by atoms with van der Waals surface area (Å²) in [6.07, 6.45) is 10.4. The molecule has 6 heteroatoms. The van der Waals surface area contributed by atoms with Crippen molar-refractivity contribution in [1.29, 1.82) is 0 Å². The number of rotatable bonds is 5. The van der Waals surface area contributed by atoms with Crippen molar-refractivity contribution in [2.75, 3.05) is 0 Å². The first-order chi connectivity index (χ1) is 16.2. The topological polar surface area (TPSA) is 67.2 Å². The zero-order valence-corrected chi connectivity index (χ0v) is 18.8. The summed E-state index contributed by atoms with van der Waals surface area (Å²) in [5.74, 6) is 0.172. The SMILES string of the molecule is O=C1CCCC[C@H]2[C@@H](C[C@@H](Cc3ccccc3)N2C(=O)c2cccc(Cn3ccnc3)c2)N1. The molecule has 2 aromatic carbocycles. The minimum absolute atomic E-state index is 0.0181. The number of carbonyl (C=O) groups excluding carboxylic acids is 2. The Kier molecular flexibility index (Phi) is 6.24. The number of imidazole rings is 1. The van der Waals surface area contributed by atoms with Gasteiger partial charge in [0.05, 0.1) is 18.4 Å². The van der Waals surface area contributed by atoms with Gasteiger partial charge in [0.2, 0.25) is 5.91 Å². The van der Waals surface area contributed by atoms with Crippen molar-refractivity contribution in [2.24, 2.45) is 0 Å². The highest BCUT2D eigenvalue weighted by atomic mass is 16.2. The highest BCUT2D eigenvalue weighted by Crippen LogP contribution is 2.33. The van der Waals surface area contributed by atoms with E-state index in [4.69, 9.17) is 0 Å². The van der Waals surface area contributed by atoms with Crippen LogP contribution in [0.2, 0.25) is 0 Å². The Hall–Kier alpha value is -3.41. The molecule has 0 spiro atoms. The van der Waals surface area contributed by atoms with Crippen molar-refractivity contribution in [3.63, 3.8) is 0 Å². The van der Waals surface area contributed by atoms with Crippen molar-refractivity contribution < 1.29 is 9.59 Å². The van der Waals surface area contributed by atoms with Crippen molar-refractivity contribution >= 4 is 11.8 Å². The van der Waals surface area contributed by atoms with Gasteiger partial charge in [-0.15, -0.1) is 0 Å². The molecule has 1 aromatic heterocycles. The predicted molar refractivity (Wildman–Crippen MR) is 127 cm³/mol. The summed E-state index contributed by atoms with van der Waals surface area (Å²) in [7, 11) is 0. The number of carbonyl (C=O) groups is 2. The molecule has 0 bridgehead atoms. The molecule has 2 saturated heterocycles. The third-order valence-electron chi connectivity index (χ3n) is 6.89. The first kappa shape index (κ1) is 21.4. The highest BCUT2D eigenvalue weighted by Gasteiger charge is 2.44. The lowest BCUT2D eigenvalue weighted by molar-refractivity contribution is -0.122. The molecule has 2 fully saturated rings. The van der Waals surface area contributed by atoms with Crippen LogP contribution in [0, 0.1) is 0 Å². The van der Waals surface area contributed by atoms with Crippen molar-refractivity contribution in [2.45, 2.75) is 63.2 Å². The number of hydrogen-bond donors (Lipinski definition) is 1. The lowest BCUT2D eigenvalue weighted by Gasteiger charge is -2.33. The minimum Gasteiger partial charge on any atom is -0.351 e. The summed E-state index contributed by atoms with van der Waals surface area (Å²) in [6.45, 7) is 0.677. The Morgan fingerprint density at radius 2 is 1.91 bits per heavy atom. The van der Waals surface area contributed by atoms with Crippen molar-refractivity contribution in [3.8, 4) is 0 Å². The number of nitrogens with zero attached hydrogens (tertiary/aromatic N) is 3. The summed E-state index contributed by atoms with van der Waals surface area (Å²) in [6, 6.07) is 18.4. The monoisotopic (exact) mass is 442 g/mol. The largest absolute Gasteiger partial charge is 0.351 e. The van der Waals surface area contributed by atoms with Gasteiger partial charge in [0.1, 0.15) is 0 Å². The molecule has 33 heavy (non-hydrogen) atoms. The molecular formula is C27H30N4O2. The van der Waals surface area contributed by atoms with Gasteiger partial charge >= 0.3 is 0 Å². The number of hydrogen-bond acceptors (Lipinski definition) is 3. The summed E-state index contributed by atoms with van der Waals surface area (Å²) in [5.41, 5.74) is 3.00. The second kappa shape index (κ2) is 9.61. The second-order valence-electron chi connectivity index (χ2n) is 9.21. The van der Waals surface area contributed by atoms with Crippen LogP contribution in [0.3, 0.4) is 0 Å². The van der Waals surface area contributed by atoms with Crippen molar-refractivity contribution in [1.82, 2.24) is 19.8 Å². The number of nitrogens with one attached hydrogen (secondary N) is 1. The fourth-order valence-corrected chi connectivity index (χ4v) is 5.37. The van der Waals surface area contributed by atoms with Gasteiger partial charge in [0, 0.05) is 37.0 Å². The minimum atomic E-state index is 0.0181. The molecule has 2 amide bonds. The van der Waals surface area contributed by atoms with Gasteiger partial charge in [-0.25, -0.2) is 4.98 Å². The molecule has 3 aromatic rings. The molecule has 5 rings (SSSR count). The Bertz CT molecular complexity index is 1100. The van der Waals surface area contributed by atoms with Gasteiger partial charge in [0.15, 0.2) is 0 Å². The fourth-order valence-electron chi connectivity index (χ4n) is 5.37. The molecule has 1 N–H and O–H groups in total. The Morgan fingerprint density at radius 3 is 2.73 bits per heavy atom. The van der Waals surface area contributed by atoms with Gasteiger partial charge < -0.3 is 14.8 Å². The Balaban J connectivity index is 1.44. The van der Waals surface area contributed by atoms with Crippen molar-refractivity contribution in [3.05, 3.63) is 90.0 Å². The molecule has 3 atom stereocenters. The summed E-state index contributed by atoms with van der Waals surface area (Å²) in [4.78, 5) is 32.5. The maximum absolute atomic E-state index is 13.9. The highest BCUT2D eigenvalue weighted by molar-refractivity contribution is 5.95. The number of amides is 2. The van der Waals surface area contributed by atoms with Gasteiger partial charge in [-0.1, -0.05) is 48.9 Å². The molecule has 0 unspecified atom stereocenters. The Labute approximate surface area is 194 Å². The fraction of sp³-hybridized carbons (Fsp3) is 0.370. The van der Waals surface area contributed by atoms with E-state index in [9.17, 15) is 9.59 Å². The predicted octanol–water partition coefficient (Wildman–Crippen LogP) is 3.82. The maximum Gasteiger partial charge on any atom is 0.254 e. The molecule has 6 nitrogen and oxygen atoms in total. The first-order valence-corrected chi connectivity index (χ1v) is 11.9. The standard InChI is InChI=1S/C27H30N4O2/c32-26-12-5-4-11-25-24(29-26)17-23(16-20-7-2-1-3-8-20)31(25)27(33)22-10-6-9-21(15-22)18-30-14-13-28-19-30/h1-3,6-10,13-15,19,23-25H,4-5,11-12,16-18H2,(H,29,32)/t23-,24-,25+/m1/s1. The van der Waals surface area contributed by atoms with E-state index in [1.54, 1.807) is 12.5 Å². The third-order valence-corrected chi connectivity index (χ3v) is 6.89. The van der Waals surface area contributed by atoms with Crippen LogP contribution in [-0.2, 0) is 17.8 Å². The molecule has 0 radical (unpaired) electrons. The molecule has 2 aliphatic heterocycles. The average molecular weight is 443 g/mol. The van der Waals surface area contributed by atoms with Gasteiger partial charge in [0.25, 0.3) is 5.91 Å². The molecule has 0 aliphatic carbocycles. The lowest BCUT2D eigenvalue weighted by atomic mass is 9.97. The van der Waals surface area contributed by atoms with Crippen LogP contribution in [-0.4, -0.2) is 44.4 Å². The number of aromatic nitrogens is 2. The zero-order valence-electron chi connectivity index (χ0n) is 18.8. The first-order valence-electron chi connectivity index (χ1n) is 11.9. The van der Waals surface area contributed by atoms with Gasteiger partial charge in [-0.2, -0.15) is 0 Å². The number of fused-ring (bicyclic) bond motifs is 1. The number of benzene rings is 2. The second-order valence-corrected chi connectivity index (χ2v) is 9.21. The molecule has 170 valence electrons. The molecule has 2 aliphatic rings. The van der Waals surface area contributed by atoms with Crippen LogP contribution >= 0.6 is 0 Å². The van der Waals surface area contributed by atoms with Gasteiger partial charge in [-0.05, 0) is 48.9 Å². The van der Waals surface area contributed by atoms with E-state index in [2.05, 4.69) is 27.3 Å². The van der Waals surface area contributed by atoms with Gasteiger partial charge in [-0.3, -0.25) is 9.59 Å². The summed E-state index contributed by atoms with van der Waals surface area (Å²) < 4.78 is 2.00. The van der Waals surface area contributed by atoms with Crippen LogP contribution in [0.25, 0.3) is 0 Å². The smallest absolute Gasteiger partial charge is 0.254 e. The molecule has 3 heterocycles. The van der Waals surface area contributed by atoms with E-state index in [1.807, 2.05) is 53.2 Å². The van der Waals surface area contributed by atoms with E-state index >= 15 is 0 Å². The van der Waals surface area contributed by atoms with E-state index in [0.717, 1.165) is 37.7 Å². The van der Waals surface area contributed by atoms with Crippen LogP contribution in [0.15, 0.2) is 73.3 Å². The Morgan fingerprint density at radius 1 is 1.06 bits per heavy atom. The van der Waals surface area contributed by atoms with E-state index < -0.39 is 0 Å². The maximum atomic E-state index is 13.9. The summed E-state index contributed by atoms with van der Waals surface area (Å²) >= 11 is 0. The summed E-state index contributed by atoms with van der Waals surface area (Å²) in [5, 5.41) is 3.23. The van der Waals surface area contributed by atoms with E-state index in [0.29, 0.717) is 18.5 Å². The zero-order chi connectivity index (χ0) is 22.6. The third kappa shape index (κ3) is 4.85.